The smallest absolute Gasteiger partial charge is 0.311 e. The number of hydrogen-bond donors (Lipinski definition) is 4. The first kappa shape index (κ1) is 7.11. The van der Waals surface area contributed by atoms with Gasteiger partial charge in [0.05, 0.1) is 0 Å². The molecule has 0 rings (SSSR count). The SMILES string of the molecule is O=C(ONO)ONO. The molecule has 0 aliphatic rings. The minimum Gasteiger partial charge on any atom is -0.311 e. The van der Waals surface area contributed by atoms with Crippen molar-refractivity contribution < 1.29 is 24.9 Å². The molecule has 0 aliphatic heterocycles. The van der Waals surface area contributed by atoms with Gasteiger partial charge in [0, 0.05) is 0 Å². The molecule has 0 unspecified atom stereocenters. The normalized spacial score (nSPS) is 8.25. The zero-order valence-electron chi connectivity index (χ0n) is 3.62. The lowest BCUT2D eigenvalue weighted by molar-refractivity contribution is -0.152. The van der Waals surface area contributed by atoms with Gasteiger partial charge in [-0.1, -0.05) is 0 Å². The van der Waals surface area contributed by atoms with Crippen LogP contribution in [0.25, 0.3) is 0 Å². The summed E-state index contributed by atoms with van der Waals surface area (Å²) in [6.07, 6.45) is -1.31. The van der Waals surface area contributed by atoms with E-state index in [2.05, 4.69) is 9.68 Å². The molecule has 0 aliphatic carbocycles. The van der Waals surface area contributed by atoms with Crippen LogP contribution in [-0.2, 0) is 9.68 Å². The molecule has 4 N–H and O–H groups in total. The molecule has 0 bridgehead atoms. The molecule has 0 fully saturated rings. The Labute approximate surface area is 43.6 Å². The Bertz CT molecular complexity index is 64.8. The number of carbonyl (C=O) groups is 1. The molecule has 0 saturated heterocycles. The van der Waals surface area contributed by atoms with Gasteiger partial charge in [0.25, 0.3) is 0 Å². The van der Waals surface area contributed by atoms with Crippen molar-refractivity contribution in [2.24, 2.45) is 0 Å². The van der Waals surface area contributed by atoms with Gasteiger partial charge in [-0.3, -0.25) is 10.4 Å². The predicted octanol–water partition coefficient (Wildman–Crippen LogP) is -1.07. The van der Waals surface area contributed by atoms with Crippen LogP contribution in [0.1, 0.15) is 0 Å². The van der Waals surface area contributed by atoms with E-state index in [0.29, 0.717) is 0 Å². The molecule has 7 nitrogen and oxygen atoms in total. The molecule has 0 aromatic carbocycles. The lowest BCUT2D eigenvalue weighted by atomic mass is 11.4. The van der Waals surface area contributed by atoms with E-state index in [-0.39, 0.29) is 0 Å². The first-order valence-corrected chi connectivity index (χ1v) is 1.47. The highest BCUT2D eigenvalue weighted by Crippen LogP contribution is 1.72. The molecule has 0 saturated carbocycles. The Balaban J connectivity index is 3.06. The van der Waals surface area contributed by atoms with Crippen molar-refractivity contribution in [1.29, 1.82) is 0 Å². The van der Waals surface area contributed by atoms with E-state index >= 15 is 0 Å². The molecule has 0 amide bonds. The minimum absolute atomic E-state index is 1.03. The third-order valence-corrected chi connectivity index (χ3v) is 0.258. The average Bonchev–Trinajstić information content (AvgIpc) is 1.68. The van der Waals surface area contributed by atoms with Crippen molar-refractivity contribution in [3.05, 3.63) is 0 Å². The number of carbonyl (C=O) groups excluding carboxylic acids is 1. The highest BCUT2D eigenvalue weighted by molar-refractivity contribution is 5.58. The lowest BCUT2D eigenvalue weighted by Crippen LogP contribution is -2.22. The van der Waals surface area contributed by atoms with Crippen LogP contribution < -0.4 is 11.3 Å². The molecular weight excluding hydrogens is 120 g/mol. The third-order valence-electron chi connectivity index (χ3n) is 0.258. The van der Waals surface area contributed by atoms with E-state index in [4.69, 9.17) is 10.4 Å². The van der Waals surface area contributed by atoms with Gasteiger partial charge in [-0.2, -0.15) is 4.79 Å². The van der Waals surface area contributed by atoms with Crippen molar-refractivity contribution in [2.45, 2.75) is 0 Å². The summed E-state index contributed by atoms with van der Waals surface area (Å²) in [4.78, 5) is 16.8. The van der Waals surface area contributed by atoms with E-state index in [1.54, 1.807) is 0 Å². The second-order valence-electron chi connectivity index (χ2n) is 0.637. The molecule has 0 heterocycles. The summed E-state index contributed by atoms with van der Waals surface area (Å²) in [5.41, 5.74) is 2.05. The molecular formula is CH4N2O5. The highest BCUT2D eigenvalue weighted by Gasteiger charge is 1.99. The number of rotatable bonds is 2. The van der Waals surface area contributed by atoms with Crippen molar-refractivity contribution in [3.8, 4) is 0 Å². The summed E-state index contributed by atoms with van der Waals surface area (Å²) in [6.45, 7) is 0. The summed E-state index contributed by atoms with van der Waals surface area (Å²) < 4.78 is 0. The summed E-state index contributed by atoms with van der Waals surface area (Å²) in [5, 5.41) is 15.2. The van der Waals surface area contributed by atoms with Gasteiger partial charge < -0.3 is 9.68 Å². The summed E-state index contributed by atoms with van der Waals surface area (Å²) in [7, 11) is 0. The Morgan fingerprint density at radius 2 is 1.62 bits per heavy atom. The third kappa shape index (κ3) is 3.31. The lowest BCUT2D eigenvalue weighted by Gasteiger charge is -1.96. The molecule has 48 valence electrons. The maximum absolute atomic E-state index is 9.75. The van der Waals surface area contributed by atoms with Crippen LogP contribution in [0.3, 0.4) is 0 Å². The van der Waals surface area contributed by atoms with Crippen molar-refractivity contribution >= 4 is 6.16 Å². The van der Waals surface area contributed by atoms with Crippen LogP contribution in [0.5, 0.6) is 0 Å². The molecule has 0 radical (unpaired) electrons. The molecule has 0 aromatic heterocycles. The van der Waals surface area contributed by atoms with E-state index in [1.165, 1.54) is 0 Å². The second kappa shape index (κ2) is 4.27. The molecule has 0 aromatic rings. The summed E-state index contributed by atoms with van der Waals surface area (Å²) >= 11 is 0. The van der Waals surface area contributed by atoms with Gasteiger partial charge in [0.15, 0.2) is 0 Å². The largest absolute Gasteiger partial charge is 0.551 e. The maximum Gasteiger partial charge on any atom is 0.551 e. The maximum atomic E-state index is 9.75. The van der Waals surface area contributed by atoms with Crippen LogP contribution >= 0.6 is 0 Å². The fourth-order valence-electron chi connectivity index (χ4n) is 0.0954. The Kier molecular flexibility index (Phi) is 3.80. The quantitative estimate of drug-likeness (QED) is 0.347. The zero-order chi connectivity index (χ0) is 6.41. The molecule has 0 spiro atoms. The van der Waals surface area contributed by atoms with E-state index in [9.17, 15) is 4.79 Å². The topological polar surface area (TPSA) is 100 Å². The predicted molar refractivity (Wildman–Crippen MR) is 17.4 cm³/mol. The van der Waals surface area contributed by atoms with Crippen LogP contribution in [0.4, 0.5) is 4.79 Å². The van der Waals surface area contributed by atoms with Crippen molar-refractivity contribution in [3.63, 3.8) is 0 Å². The molecule has 8 heavy (non-hydrogen) atoms. The first-order chi connectivity index (χ1) is 3.81. The Morgan fingerprint density at radius 1 is 1.25 bits per heavy atom. The zero-order valence-corrected chi connectivity index (χ0v) is 3.62. The summed E-state index contributed by atoms with van der Waals surface area (Å²) in [5.74, 6) is 0. The van der Waals surface area contributed by atoms with Gasteiger partial charge in [0.2, 0.25) is 0 Å². The van der Waals surface area contributed by atoms with Gasteiger partial charge in [-0.15, -0.1) is 0 Å². The highest BCUT2D eigenvalue weighted by atomic mass is 17.0. The number of nitrogens with one attached hydrogen (secondary N) is 2. The van der Waals surface area contributed by atoms with Crippen molar-refractivity contribution in [2.75, 3.05) is 0 Å². The second-order valence-corrected chi connectivity index (χ2v) is 0.637. The standard InChI is InChI=1S/CH4N2O5/c4-1(7-2-5)8-3-6/h2-3,5-6H. The average molecular weight is 124 g/mol. The van der Waals surface area contributed by atoms with Crippen LogP contribution in [0.2, 0.25) is 0 Å². The first-order valence-electron chi connectivity index (χ1n) is 1.47. The van der Waals surface area contributed by atoms with Gasteiger partial charge in [0.1, 0.15) is 0 Å². The number of hydrogen-bond acceptors (Lipinski definition) is 7. The minimum atomic E-state index is -1.31. The van der Waals surface area contributed by atoms with E-state index in [0.717, 1.165) is 11.3 Å². The van der Waals surface area contributed by atoms with Gasteiger partial charge >= 0.3 is 6.16 Å². The summed E-state index contributed by atoms with van der Waals surface area (Å²) in [6, 6.07) is 0. The fraction of sp³-hybridized carbons (Fsp3) is 0. The van der Waals surface area contributed by atoms with Crippen LogP contribution in [-0.4, -0.2) is 16.6 Å². The fourth-order valence-corrected chi connectivity index (χ4v) is 0.0954. The molecule has 0 atom stereocenters. The van der Waals surface area contributed by atoms with Gasteiger partial charge in [-0.25, -0.2) is 0 Å². The van der Waals surface area contributed by atoms with Gasteiger partial charge in [-0.05, 0) is 11.3 Å². The van der Waals surface area contributed by atoms with Crippen molar-refractivity contribution in [1.82, 2.24) is 11.3 Å². The Hall–Kier alpha value is -0.890. The van der Waals surface area contributed by atoms with E-state index in [1.807, 2.05) is 0 Å². The Morgan fingerprint density at radius 3 is 1.88 bits per heavy atom. The van der Waals surface area contributed by atoms with Crippen LogP contribution in [0, 0.1) is 0 Å². The monoisotopic (exact) mass is 124 g/mol. The van der Waals surface area contributed by atoms with E-state index < -0.39 is 6.16 Å². The molecule has 7 heteroatoms. The van der Waals surface area contributed by atoms with Crippen LogP contribution in [0.15, 0.2) is 0 Å².